The van der Waals surface area contributed by atoms with Crippen molar-refractivity contribution in [1.29, 1.82) is 0 Å². The number of aliphatic hydroxyl groups excluding tert-OH is 3. The van der Waals surface area contributed by atoms with Crippen LogP contribution >= 0.6 is 0 Å². The molecule has 0 bridgehead atoms. The lowest BCUT2D eigenvalue weighted by Crippen LogP contribution is -2.58. The molecule has 4 N–H and O–H groups in total. The highest BCUT2D eigenvalue weighted by Gasteiger charge is 2.57. The third-order valence-corrected chi connectivity index (χ3v) is 10.2. The quantitative estimate of drug-likeness (QED) is 0.320. The summed E-state index contributed by atoms with van der Waals surface area (Å²) in [6.45, 7) is 25.3. The Kier molecular flexibility index (Phi) is 8.45. The first kappa shape index (κ1) is 32.0. The predicted octanol–water partition coefficient (Wildman–Crippen LogP) is 6.61. The zero-order valence-corrected chi connectivity index (χ0v) is 25.8. The molecule has 0 aliphatic heterocycles. The molecule has 0 spiro atoms. The lowest BCUT2D eigenvalue weighted by atomic mass is 9.49. The molecule has 0 amide bonds. The third kappa shape index (κ3) is 4.75. The van der Waals surface area contributed by atoms with Crippen LogP contribution in [0, 0.1) is 37.9 Å². The minimum absolute atomic E-state index is 0.0348. The van der Waals surface area contributed by atoms with Crippen LogP contribution in [0.25, 0.3) is 0 Å². The Morgan fingerprint density at radius 1 is 0.568 bits per heavy atom. The molecule has 0 saturated carbocycles. The average Bonchev–Trinajstić information content (AvgIpc) is 2.77. The highest BCUT2D eigenvalue weighted by atomic mass is 16.3. The van der Waals surface area contributed by atoms with E-state index in [1.165, 1.54) is 0 Å². The standard InChI is InChI=1S/C33H56O4/c1-26(2,3)31(27(4,5)6)17-13-24(14-18-31)33(37,30(21-34,22-35)23-36)25-15-19-32(20-16-25,28(7,8)9)29(10,11)12/h13-17,19,34-37H,18,20-23H2,1-12H3. The summed E-state index contributed by atoms with van der Waals surface area (Å²) in [5.74, 6) is 0. The summed E-state index contributed by atoms with van der Waals surface area (Å²) >= 11 is 0. The summed E-state index contributed by atoms with van der Waals surface area (Å²) in [6, 6.07) is 0. The first-order chi connectivity index (χ1) is 16.6. The molecule has 0 radical (unpaired) electrons. The van der Waals surface area contributed by atoms with Gasteiger partial charge in [0.05, 0.1) is 25.2 Å². The summed E-state index contributed by atoms with van der Waals surface area (Å²) in [5.41, 5.74) is -2.54. The monoisotopic (exact) mass is 516 g/mol. The van der Waals surface area contributed by atoms with Gasteiger partial charge in [-0.2, -0.15) is 0 Å². The van der Waals surface area contributed by atoms with Gasteiger partial charge in [0.15, 0.2) is 0 Å². The van der Waals surface area contributed by atoms with E-state index in [0.717, 1.165) is 0 Å². The zero-order chi connectivity index (χ0) is 28.9. The van der Waals surface area contributed by atoms with Crippen LogP contribution in [-0.4, -0.2) is 45.8 Å². The minimum atomic E-state index is -1.76. The van der Waals surface area contributed by atoms with Crippen molar-refractivity contribution in [2.24, 2.45) is 37.9 Å². The molecule has 0 unspecified atom stereocenters. The van der Waals surface area contributed by atoms with E-state index in [2.05, 4.69) is 107 Å². The molecule has 212 valence electrons. The number of hydrogen-bond acceptors (Lipinski definition) is 4. The zero-order valence-electron chi connectivity index (χ0n) is 25.8. The maximum atomic E-state index is 12.6. The van der Waals surface area contributed by atoms with Gasteiger partial charge in [0.1, 0.15) is 5.60 Å². The van der Waals surface area contributed by atoms with Gasteiger partial charge in [-0.25, -0.2) is 0 Å². The number of hydrogen-bond donors (Lipinski definition) is 4. The lowest BCUT2D eigenvalue weighted by molar-refractivity contribution is -0.112. The highest BCUT2D eigenvalue weighted by molar-refractivity contribution is 5.51. The topological polar surface area (TPSA) is 80.9 Å². The molecule has 2 rings (SSSR count). The number of allylic oxidation sites excluding steroid dienone is 4. The van der Waals surface area contributed by atoms with Gasteiger partial charge >= 0.3 is 0 Å². The van der Waals surface area contributed by atoms with E-state index in [1.807, 2.05) is 12.2 Å². The van der Waals surface area contributed by atoms with Crippen LogP contribution in [0.3, 0.4) is 0 Å². The maximum absolute atomic E-state index is 12.6. The van der Waals surface area contributed by atoms with Crippen LogP contribution in [0.15, 0.2) is 47.6 Å². The second-order valence-corrected chi connectivity index (χ2v) is 15.8. The molecule has 0 heterocycles. The number of rotatable bonds is 6. The maximum Gasteiger partial charge on any atom is 0.126 e. The van der Waals surface area contributed by atoms with Crippen molar-refractivity contribution < 1.29 is 20.4 Å². The van der Waals surface area contributed by atoms with Crippen LogP contribution in [0.5, 0.6) is 0 Å². The minimum Gasteiger partial charge on any atom is -0.395 e. The van der Waals surface area contributed by atoms with Gasteiger partial charge in [0.2, 0.25) is 0 Å². The van der Waals surface area contributed by atoms with Crippen LogP contribution in [0.1, 0.15) is 95.9 Å². The van der Waals surface area contributed by atoms with Crippen molar-refractivity contribution in [1.82, 2.24) is 0 Å². The molecule has 0 aromatic heterocycles. The van der Waals surface area contributed by atoms with Crippen LogP contribution < -0.4 is 0 Å². The van der Waals surface area contributed by atoms with Gasteiger partial charge < -0.3 is 20.4 Å². The van der Waals surface area contributed by atoms with Crippen LogP contribution in [0.2, 0.25) is 0 Å². The predicted molar refractivity (Wildman–Crippen MR) is 155 cm³/mol. The Morgan fingerprint density at radius 3 is 1.00 bits per heavy atom. The van der Waals surface area contributed by atoms with E-state index in [-0.39, 0.29) is 32.5 Å². The van der Waals surface area contributed by atoms with Crippen molar-refractivity contribution in [2.45, 2.75) is 102 Å². The van der Waals surface area contributed by atoms with Gasteiger partial charge in [0.25, 0.3) is 0 Å². The fourth-order valence-electron chi connectivity index (χ4n) is 7.56. The van der Waals surface area contributed by atoms with Crippen molar-refractivity contribution in [3.8, 4) is 0 Å². The Balaban J connectivity index is 2.74. The average molecular weight is 517 g/mol. The molecular weight excluding hydrogens is 460 g/mol. The first-order valence-corrected chi connectivity index (χ1v) is 13.9. The Morgan fingerprint density at radius 2 is 0.838 bits per heavy atom. The van der Waals surface area contributed by atoms with Crippen LogP contribution in [-0.2, 0) is 0 Å². The molecule has 37 heavy (non-hydrogen) atoms. The van der Waals surface area contributed by atoms with Gasteiger partial charge in [-0.1, -0.05) is 120 Å². The smallest absolute Gasteiger partial charge is 0.126 e. The van der Waals surface area contributed by atoms with E-state index in [4.69, 9.17) is 0 Å². The molecule has 2 aliphatic carbocycles. The van der Waals surface area contributed by atoms with Crippen molar-refractivity contribution in [3.63, 3.8) is 0 Å². The van der Waals surface area contributed by atoms with Gasteiger partial charge in [-0.3, -0.25) is 0 Å². The summed E-state index contributed by atoms with van der Waals surface area (Å²) < 4.78 is 0. The SMILES string of the molecule is CC(C)(C)C1(C(C)(C)C)C=CC(C(O)(C2=CCC(C(C)(C)C)(C(C)(C)C)C=C2)C(CO)(CO)CO)=CC1. The van der Waals surface area contributed by atoms with Crippen molar-refractivity contribution in [3.05, 3.63) is 47.6 Å². The van der Waals surface area contributed by atoms with Gasteiger partial charge in [-0.15, -0.1) is 0 Å². The van der Waals surface area contributed by atoms with E-state index >= 15 is 0 Å². The normalized spacial score (nSPS) is 21.1. The second-order valence-electron chi connectivity index (χ2n) is 15.8. The Bertz CT molecular complexity index is 842. The fourth-order valence-corrected chi connectivity index (χ4v) is 7.56. The summed E-state index contributed by atoms with van der Waals surface area (Å²) in [5, 5.41) is 44.1. The first-order valence-electron chi connectivity index (χ1n) is 13.9. The van der Waals surface area contributed by atoms with E-state index in [0.29, 0.717) is 24.0 Å². The summed E-state index contributed by atoms with van der Waals surface area (Å²) in [6.07, 6.45) is 13.9. The van der Waals surface area contributed by atoms with E-state index in [1.54, 1.807) is 0 Å². The third-order valence-electron chi connectivity index (χ3n) is 10.2. The fraction of sp³-hybridized carbons (Fsp3) is 0.758. The highest BCUT2D eigenvalue weighted by Crippen LogP contribution is 2.60. The lowest BCUT2D eigenvalue weighted by Gasteiger charge is -2.56. The Hall–Kier alpha value is -1.20. The molecule has 0 atom stereocenters. The van der Waals surface area contributed by atoms with E-state index in [9.17, 15) is 20.4 Å². The second kappa shape index (κ2) is 9.77. The molecule has 0 saturated heterocycles. The Labute approximate surface area is 227 Å². The van der Waals surface area contributed by atoms with Crippen molar-refractivity contribution >= 4 is 0 Å². The van der Waals surface area contributed by atoms with Gasteiger partial charge in [0, 0.05) is 10.8 Å². The van der Waals surface area contributed by atoms with Crippen molar-refractivity contribution in [2.75, 3.05) is 19.8 Å². The molecule has 2 aliphatic rings. The molecule has 4 nitrogen and oxygen atoms in total. The summed E-state index contributed by atoms with van der Waals surface area (Å²) in [4.78, 5) is 0. The van der Waals surface area contributed by atoms with E-state index < -0.39 is 30.8 Å². The molecule has 0 aromatic carbocycles. The molecule has 0 fully saturated rings. The van der Waals surface area contributed by atoms with Crippen LogP contribution in [0.4, 0.5) is 0 Å². The largest absolute Gasteiger partial charge is 0.395 e. The molecule has 4 heteroatoms. The molecular formula is C33H56O4. The molecule has 0 aromatic rings. The number of aliphatic hydroxyl groups is 4. The van der Waals surface area contributed by atoms with Gasteiger partial charge in [-0.05, 0) is 45.6 Å². The summed E-state index contributed by atoms with van der Waals surface area (Å²) in [7, 11) is 0.